The molecule has 2 amide bonds. The van der Waals surface area contributed by atoms with Crippen LogP contribution in [0.2, 0.25) is 0 Å². The predicted molar refractivity (Wildman–Crippen MR) is 115 cm³/mol. The minimum atomic E-state index is -1.56. The van der Waals surface area contributed by atoms with Crippen LogP contribution in [-0.2, 0) is 33.4 Å². The van der Waals surface area contributed by atoms with Gasteiger partial charge < -0.3 is 14.2 Å². The van der Waals surface area contributed by atoms with E-state index in [1.165, 1.54) is 0 Å². The van der Waals surface area contributed by atoms with Gasteiger partial charge in [-0.25, -0.2) is 4.90 Å². The molecule has 33 heavy (non-hydrogen) atoms. The highest BCUT2D eigenvalue weighted by molar-refractivity contribution is 6.23. The summed E-state index contributed by atoms with van der Waals surface area (Å²) in [7, 11) is 0. The third-order valence-electron chi connectivity index (χ3n) is 6.22. The van der Waals surface area contributed by atoms with E-state index >= 15 is 0 Å². The third kappa shape index (κ3) is 3.25. The van der Waals surface area contributed by atoms with Crippen molar-refractivity contribution in [3.63, 3.8) is 0 Å². The second kappa shape index (κ2) is 7.67. The summed E-state index contributed by atoms with van der Waals surface area (Å²) in [6.45, 7) is 2.33. The number of benzene rings is 2. The molecule has 2 saturated heterocycles. The number of amides is 2. The van der Waals surface area contributed by atoms with Crippen LogP contribution in [0.3, 0.4) is 0 Å². The van der Waals surface area contributed by atoms with Crippen LogP contribution in [0.25, 0.3) is 11.1 Å². The first-order chi connectivity index (χ1) is 15.8. The highest BCUT2D eigenvalue weighted by atomic mass is 16.7. The van der Waals surface area contributed by atoms with Gasteiger partial charge in [-0.2, -0.15) is 0 Å². The Labute approximate surface area is 189 Å². The summed E-state index contributed by atoms with van der Waals surface area (Å²) in [6.07, 6.45) is 1.03. The van der Waals surface area contributed by atoms with Crippen molar-refractivity contribution in [2.45, 2.75) is 31.8 Å². The van der Waals surface area contributed by atoms with Crippen LogP contribution in [0.15, 0.2) is 66.7 Å². The third-order valence-corrected chi connectivity index (χ3v) is 6.22. The van der Waals surface area contributed by atoms with Gasteiger partial charge in [0.05, 0.1) is 23.6 Å². The topological polar surface area (TPSA) is 99.2 Å². The molecular weight excluding hydrogens is 426 g/mol. The summed E-state index contributed by atoms with van der Waals surface area (Å²) in [5.74, 6) is -4.09. The van der Waals surface area contributed by atoms with Crippen LogP contribution in [0.4, 0.5) is 5.69 Å². The lowest BCUT2D eigenvalue weighted by atomic mass is 9.76. The van der Waals surface area contributed by atoms with Crippen molar-refractivity contribution in [1.29, 1.82) is 0 Å². The van der Waals surface area contributed by atoms with Crippen LogP contribution >= 0.6 is 0 Å². The zero-order valence-corrected chi connectivity index (χ0v) is 18.0. The smallest absolute Gasteiger partial charge is 0.305 e. The van der Waals surface area contributed by atoms with E-state index in [0.29, 0.717) is 5.69 Å². The number of hydrogen-bond acceptors (Lipinski definition) is 7. The fourth-order valence-corrected chi connectivity index (χ4v) is 4.90. The highest BCUT2D eigenvalue weighted by Crippen LogP contribution is 2.54. The molecule has 0 radical (unpaired) electrons. The number of rotatable bonds is 5. The number of carbonyl (C=O) groups is 4. The van der Waals surface area contributed by atoms with Crippen molar-refractivity contribution < 1.29 is 33.4 Å². The summed E-state index contributed by atoms with van der Waals surface area (Å²) in [5, 5.41) is 0. The van der Waals surface area contributed by atoms with Crippen LogP contribution in [0.5, 0.6) is 0 Å². The highest BCUT2D eigenvalue weighted by Gasteiger charge is 2.72. The van der Waals surface area contributed by atoms with Gasteiger partial charge in [0.15, 0.2) is 5.60 Å². The molecule has 3 aliphatic heterocycles. The van der Waals surface area contributed by atoms with E-state index < -0.39 is 53.6 Å². The molecule has 0 aromatic heterocycles. The molecule has 0 unspecified atom stereocenters. The van der Waals surface area contributed by atoms with E-state index in [1.807, 2.05) is 42.5 Å². The fourth-order valence-electron chi connectivity index (χ4n) is 4.90. The number of fused-ring (bicyclic) bond motifs is 5. The maximum atomic E-state index is 13.5. The van der Waals surface area contributed by atoms with Crippen LogP contribution in [0, 0.1) is 11.8 Å². The lowest BCUT2D eigenvalue weighted by Gasteiger charge is -2.34. The average Bonchev–Trinajstić information content (AvgIpc) is 3.44. The van der Waals surface area contributed by atoms with Gasteiger partial charge >= 0.3 is 11.9 Å². The molecule has 0 N–H and O–H groups in total. The van der Waals surface area contributed by atoms with Gasteiger partial charge in [-0.1, -0.05) is 48.5 Å². The summed E-state index contributed by atoms with van der Waals surface area (Å²) >= 11 is 0. The van der Waals surface area contributed by atoms with Gasteiger partial charge in [-0.3, -0.25) is 19.2 Å². The van der Waals surface area contributed by atoms with Crippen molar-refractivity contribution in [3.05, 3.63) is 66.7 Å². The Morgan fingerprint density at radius 1 is 0.909 bits per heavy atom. The Hall–Kier alpha value is -3.78. The predicted octanol–water partition coefficient (Wildman–Crippen LogP) is 2.62. The normalized spacial score (nSPS) is 27.2. The summed E-state index contributed by atoms with van der Waals surface area (Å²) < 4.78 is 16.4. The van der Waals surface area contributed by atoms with Gasteiger partial charge in [0.1, 0.15) is 0 Å². The van der Waals surface area contributed by atoms with Crippen molar-refractivity contribution in [2.75, 3.05) is 4.90 Å². The first kappa shape index (κ1) is 21.1. The van der Waals surface area contributed by atoms with Crippen LogP contribution < -0.4 is 4.90 Å². The van der Waals surface area contributed by atoms with Gasteiger partial charge in [0.25, 0.3) is 6.29 Å². The van der Waals surface area contributed by atoms with Gasteiger partial charge in [-0.05, 0) is 29.3 Å². The Balaban J connectivity index is 1.48. The zero-order chi connectivity index (χ0) is 23.3. The monoisotopic (exact) mass is 447 g/mol. The van der Waals surface area contributed by atoms with E-state index in [-0.39, 0.29) is 0 Å². The van der Waals surface area contributed by atoms with Crippen LogP contribution in [-0.4, -0.2) is 41.7 Å². The number of hydrogen-bond donors (Lipinski definition) is 0. The van der Waals surface area contributed by atoms with Gasteiger partial charge in [-0.15, -0.1) is 0 Å². The molecule has 4 atom stereocenters. The summed E-state index contributed by atoms with van der Waals surface area (Å²) in [5.41, 5.74) is 0.841. The zero-order valence-electron chi connectivity index (χ0n) is 18.0. The van der Waals surface area contributed by atoms with Gasteiger partial charge in [0.2, 0.25) is 11.8 Å². The molecule has 2 aromatic carbocycles. The molecule has 0 aliphatic carbocycles. The molecule has 0 saturated carbocycles. The lowest BCUT2D eigenvalue weighted by Crippen LogP contribution is -2.52. The first-order valence-electron chi connectivity index (χ1n) is 10.6. The van der Waals surface area contributed by atoms with Crippen molar-refractivity contribution in [2.24, 2.45) is 11.8 Å². The Bertz CT molecular complexity index is 1160. The minimum absolute atomic E-state index is 0.405. The average molecular weight is 447 g/mol. The van der Waals surface area contributed by atoms with Crippen molar-refractivity contribution >= 4 is 29.4 Å². The van der Waals surface area contributed by atoms with Gasteiger partial charge in [0, 0.05) is 13.8 Å². The molecule has 8 nitrogen and oxygen atoms in total. The Morgan fingerprint density at radius 3 is 2.12 bits per heavy atom. The molecule has 8 heteroatoms. The minimum Gasteiger partial charge on any atom is -0.422 e. The molecule has 3 heterocycles. The van der Waals surface area contributed by atoms with Crippen molar-refractivity contribution in [1.82, 2.24) is 0 Å². The molecule has 2 aromatic rings. The largest absolute Gasteiger partial charge is 0.422 e. The SMILES string of the molecule is CC(=O)OC(OC(C)=O)[C@]12C=C[C@@H](O1)[C@@H]1C(=O)N(c3ccc(-c4ccccc4)cc3)C(=O)[C@@H]12. The lowest BCUT2D eigenvalue weighted by molar-refractivity contribution is -0.226. The number of nitrogens with zero attached hydrogens (tertiary/aromatic N) is 1. The number of ether oxygens (including phenoxy) is 3. The van der Waals surface area contributed by atoms with E-state index in [4.69, 9.17) is 14.2 Å². The number of carbonyl (C=O) groups excluding carboxylic acids is 4. The van der Waals surface area contributed by atoms with E-state index in [1.54, 1.807) is 24.3 Å². The summed E-state index contributed by atoms with van der Waals surface area (Å²) in [6, 6.07) is 16.9. The van der Waals surface area contributed by atoms with Crippen LogP contribution in [0.1, 0.15) is 13.8 Å². The Morgan fingerprint density at radius 2 is 1.52 bits per heavy atom. The van der Waals surface area contributed by atoms with E-state index in [9.17, 15) is 19.2 Å². The second-order valence-corrected chi connectivity index (χ2v) is 8.27. The summed E-state index contributed by atoms with van der Waals surface area (Å²) in [4.78, 5) is 51.4. The molecule has 2 bridgehead atoms. The fraction of sp³-hybridized carbons (Fsp3) is 0.280. The standard InChI is InChI=1S/C25H21NO7/c1-14(27)31-24(32-15(2)28)25-13-12-19(33-25)20-21(25)23(30)26(22(20)29)18-10-8-17(9-11-18)16-6-4-3-5-7-16/h3-13,19-21,24H,1-2H3/t19-,20+,21-,25-/m1/s1. The van der Waals surface area contributed by atoms with E-state index in [0.717, 1.165) is 29.9 Å². The molecule has 3 aliphatic rings. The quantitative estimate of drug-likeness (QED) is 0.301. The molecule has 0 spiro atoms. The number of imide groups is 1. The molecular formula is C25H21NO7. The molecule has 168 valence electrons. The number of esters is 2. The maximum Gasteiger partial charge on any atom is 0.305 e. The van der Waals surface area contributed by atoms with E-state index in [2.05, 4.69) is 0 Å². The van der Waals surface area contributed by atoms with Crippen molar-refractivity contribution in [3.8, 4) is 11.1 Å². The number of anilines is 1. The molecule has 2 fully saturated rings. The maximum absolute atomic E-state index is 13.5. The molecule has 5 rings (SSSR count). The first-order valence-corrected chi connectivity index (χ1v) is 10.6. The Kier molecular flexibility index (Phi) is 4.90. The second-order valence-electron chi connectivity index (χ2n) is 8.27.